The summed E-state index contributed by atoms with van der Waals surface area (Å²) in [4.78, 5) is 12.0. The molecular formula is C13H18N2O3. The number of carbonyl (C=O) groups excluding carboxylic acids is 1. The average Bonchev–Trinajstić information content (AvgIpc) is 2.73. The van der Waals surface area contributed by atoms with Crippen molar-refractivity contribution in [3.63, 3.8) is 0 Å². The van der Waals surface area contributed by atoms with Crippen LogP contribution in [0.5, 0.6) is 11.5 Å². The van der Waals surface area contributed by atoms with Crippen molar-refractivity contribution in [1.82, 2.24) is 0 Å². The van der Waals surface area contributed by atoms with Crippen LogP contribution >= 0.6 is 0 Å². The molecule has 5 nitrogen and oxygen atoms in total. The molecule has 2 rings (SSSR count). The molecule has 5 heteroatoms. The summed E-state index contributed by atoms with van der Waals surface area (Å²) in [6.45, 7) is 6.00. The third-order valence-electron chi connectivity index (χ3n) is 2.86. The minimum atomic E-state index is -0.567. The van der Waals surface area contributed by atoms with E-state index in [1.165, 1.54) is 0 Å². The van der Waals surface area contributed by atoms with Gasteiger partial charge in [-0.2, -0.15) is 0 Å². The molecule has 1 aromatic carbocycles. The first-order chi connectivity index (χ1) is 8.38. The van der Waals surface area contributed by atoms with Crippen molar-refractivity contribution in [3.8, 4) is 11.5 Å². The van der Waals surface area contributed by atoms with Crippen LogP contribution in [0.25, 0.3) is 0 Å². The maximum absolute atomic E-state index is 12.0. The van der Waals surface area contributed by atoms with Gasteiger partial charge < -0.3 is 20.5 Å². The lowest BCUT2D eigenvalue weighted by Gasteiger charge is -2.25. The molecule has 1 heterocycles. The number of hydrogen-bond acceptors (Lipinski definition) is 4. The second kappa shape index (κ2) is 4.49. The smallest absolute Gasteiger partial charge is 0.241 e. The lowest BCUT2D eigenvalue weighted by molar-refractivity contribution is -0.119. The first-order valence-electron chi connectivity index (χ1n) is 5.84. The topological polar surface area (TPSA) is 73.6 Å². The van der Waals surface area contributed by atoms with Gasteiger partial charge in [-0.05, 0) is 17.5 Å². The largest absolute Gasteiger partial charge is 0.454 e. The summed E-state index contributed by atoms with van der Waals surface area (Å²) in [6, 6.07) is 4.69. The van der Waals surface area contributed by atoms with Crippen LogP contribution in [0, 0.1) is 5.41 Å². The van der Waals surface area contributed by atoms with Crippen LogP contribution in [0.15, 0.2) is 18.2 Å². The average molecular weight is 250 g/mol. The van der Waals surface area contributed by atoms with E-state index in [2.05, 4.69) is 5.32 Å². The fourth-order valence-corrected chi connectivity index (χ4v) is 1.59. The third kappa shape index (κ3) is 2.56. The molecule has 0 bridgehead atoms. The first-order valence-corrected chi connectivity index (χ1v) is 5.84. The maximum Gasteiger partial charge on any atom is 0.241 e. The van der Waals surface area contributed by atoms with Crippen LogP contribution in [0.3, 0.4) is 0 Å². The van der Waals surface area contributed by atoms with Crippen molar-refractivity contribution < 1.29 is 14.3 Å². The molecule has 0 aromatic heterocycles. The molecule has 98 valence electrons. The Kier molecular flexibility index (Phi) is 3.17. The van der Waals surface area contributed by atoms with Gasteiger partial charge >= 0.3 is 0 Å². The Morgan fingerprint density at radius 2 is 2.00 bits per heavy atom. The number of fused-ring (bicyclic) bond motifs is 1. The number of rotatable bonds is 2. The minimum Gasteiger partial charge on any atom is -0.454 e. The van der Waals surface area contributed by atoms with E-state index in [0.717, 1.165) is 0 Å². The highest BCUT2D eigenvalue weighted by atomic mass is 16.7. The molecule has 1 aliphatic rings. The standard InChI is InChI=1S/C13H18N2O3/c1-13(2,3)11(14)12(16)15-8-4-5-9-10(6-8)18-7-17-9/h4-6,11H,7,14H2,1-3H3,(H,15,16)/t11-/m1/s1. The quantitative estimate of drug-likeness (QED) is 0.838. The zero-order valence-corrected chi connectivity index (χ0v) is 10.8. The Morgan fingerprint density at radius 3 is 2.67 bits per heavy atom. The normalized spacial score (nSPS) is 15.3. The maximum atomic E-state index is 12.0. The zero-order valence-electron chi connectivity index (χ0n) is 10.8. The van der Waals surface area contributed by atoms with E-state index in [1.54, 1.807) is 18.2 Å². The Bertz CT molecular complexity index is 466. The van der Waals surface area contributed by atoms with Crippen LogP contribution in [0.4, 0.5) is 5.69 Å². The van der Waals surface area contributed by atoms with Gasteiger partial charge in [-0.15, -0.1) is 0 Å². The van der Waals surface area contributed by atoms with E-state index >= 15 is 0 Å². The van der Waals surface area contributed by atoms with Gasteiger partial charge in [-0.3, -0.25) is 4.79 Å². The number of amides is 1. The monoisotopic (exact) mass is 250 g/mol. The molecule has 18 heavy (non-hydrogen) atoms. The summed E-state index contributed by atoms with van der Waals surface area (Å²) in [5, 5.41) is 2.78. The Balaban J connectivity index is 2.08. The number of nitrogens with two attached hydrogens (primary N) is 1. The van der Waals surface area contributed by atoms with Crippen LogP contribution in [0.2, 0.25) is 0 Å². The summed E-state index contributed by atoms with van der Waals surface area (Å²) in [5.74, 6) is 1.12. The van der Waals surface area contributed by atoms with Crippen molar-refractivity contribution in [1.29, 1.82) is 0 Å². The van der Waals surface area contributed by atoms with Gasteiger partial charge in [0.25, 0.3) is 0 Å². The number of anilines is 1. The highest BCUT2D eigenvalue weighted by Gasteiger charge is 2.27. The van der Waals surface area contributed by atoms with Crippen molar-refractivity contribution in [2.24, 2.45) is 11.1 Å². The van der Waals surface area contributed by atoms with E-state index in [4.69, 9.17) is 15.2 Å². The van der Waals surface area contributed by atoms with Crippen LogP contribution in [0.1, 0.15) is 20.8 Å². The number of hydrogen-bond donors (Lipinski definition) is 2. The first kappa shape index (κ1) is 12.7. The molecule has 1 aromatic rings. The van der Waals surface area contributed by atoms with E-state index in [9.17, 15) is 4.79 Å². The summed E-state index contributed by atoms with van der Waals surface area (Å²) >= 11 is 0. The molecule has 1 atom stereocenters. The van der Waals surface area contributed by atoms with E-state index in [-0.39, 0.29) is 18.1 Å². The number of nitrogens with one attached hydrogen (secondary N) is 1. The fraction of sp³-hybridized carbons (Fsp3) is 0.462. The molecule has 0 fully saturated rings. The van der Waals surface area contributed by atoms with Gasteiger partial charge in [0.15, 0.2) is 11.5 Å². The minimum absolute atomic E-state index is 0.207. The molecule has 0 saturated carbocycles. The molecule has 0 aliphatic carbocycles. The Morgan fingerprint density at radius 1 is 1.33 bits per heavy atom. The molecule has 0 radical (unpaired) electrons. The predicted molar refractivity (Wildman–Crippen MR) is 68.6 cm³/mol. The van der Waals surface area contributed by atoms with Crippen molar-refractivity contribution in [3.05, 3.63) is 18.2 Å². The third-order valence-corrected chi connectivity index (χ3v) is 2.86. The Hall–Kier alpha value is -1.75. The van der Waals surface area contributed by atoms with Gasteiger partial charge in [-0.1, -0.05) is 20.8 Å². The second-order valence-electron chi connectivity index (χ2n) is 5.40. The SMILES string of the molecule is CC(C)(C)[C@H](N)C(=O)Nc1ccc2c(c1)OCO2. The lowest BCUT2D eigenvalue weighted by Crippen LogP contribution is -2.45. The van der Waals surface area contributed by atoms with Crippen molar-refractivity contribution >= 4 is 11.6 Å². The predicted octanol–water partition coefficient (Wildman–Crippen LogP) is 1.73. The zero-order chi connectivity index (χ0) is 13.3. The summed E-state index contributed by atoms with van der Waals surface area (Å²) in [7, 11) is 0. The molecule has 0 saturated heterocycles. The summed E-state index contributed by atoms with van der Waals surface area (Å²) in [6.07, 6.45) is 0. The number of carbonyl (C=O) groups is 1. The van der Waals surface area contributed by atoms with Crippen LogP contribution in [-0.4, -0.2) is 18.7 Å². The van der Waals surface area contributed by atoms with Gasteiger partial charge in [0.1, 0.15) is 0 Å². The summed E-state index contributed by atoms with van der Waals surface area (Å²) < 4.78 is 10.4. The van der Waals surface area contributed by atoms with Gasteiger partial charge in [0, 0.05) is 11.8 Å². The van der Waals surface area contributed by atoms with E-state index in [1.807, 2.05) is 20.8 Å². The van der Waals surface area contributed by atoms with E-state index in [0.29, 0.717) is 17.2 Å². The van der Waals surface area contributed by atoms with Crippen molar-refractivity contribution in [2.45, 2.75) is 26.8 Å². The molecule has 1 amide bonds. The molecule has 1 aliphatic heterocycles. The molecule has 3 N–H and O–H groups in total. The molecule has 0 unspecified atom stereocenters. The highest BCUT2D eigenvalue weighted by Crippen LogP contribution is 2.34. The fourth-order valence-electron chi connectivity index (χ4n) is 1.59. The number of ether oxygens (including phenoxy) is 2. The number of benzene rings is 1. The summed E-state index contributed by atoms with van der Waals surface area (Å²) in [5.41, 5.74) is 6.27. The van der Waals surface area contributed by atoms with Gasteiger partial charge in [0.2, 0.25) is 12.7 Å². The lowest BCUT2D eigenvalue weighted by atomic mass is 9.87. The second-order valence-corrected chi connectivity index (χ2v) is 5.40. The molecule has 0 spiro atoms. The van der Waals surface area contributed by atoms with Crippen LogP contribution < -0.4 is 20.5 Å². The van der Waals surface area contributed by atoms with E-state index < -0.39 is 6.04 Å². The van der Waals surface area contributed by atoms with Crippen molar-refractivity contribution in [2.75, 3.05) is 12.1 Å². The molecular weight excluding hydrogens is 232 g/mol. The van der Waals surface area contributed by atoms with Crippen LogP contribution in [-0.2, 0) is 4.79 Å². The Labute approximate surface area is 106 Å². The van der Waals surface area contributed by atoms with Gasteiger partial charge in [0.05, 0.1) is 6.04 Å². The highest BCUT2D eigenvalue weighted by molar-refractivity contribution is 5.95. The van der Waals surface area contributed by atoms with Gasteiger partial charge in [-0.25, -0.2) is 0 Å².